The van der Waals surface area contributed by atoms with Crippen molar-refractivity contribution in [2.24, 2.45) is 0 Å². The molecule has 1 fully saturated rings. The maximum atomic E-state index is 12.7. The Balaban J connectivity index is 1.96. The van der Waals surface area contributed by atoms with Gasteiger partial charge in [0.2, 0.25) is 10.0 Å². The zero-order valence-electron chi connectivity index (χ0n) is 11.0. The molecule has 4 nitrogen and oxygen atoms in total. The van der Waals surface area contributed by atoms with Crippen molar-refractivity contribution in [3.8, 4) is 0 Å². The maximum absolute atomic E-state index is 12.7. The molecular weight excluding hydrogens is 294 g/mol. The number of thioether (sulfide) groups is 1. The van der Waals surface area contributed by atoms with Crippen molar-refractivity contribution < 1.29 is 12.8 Å². The van der Waals surface area contributed by atoms with E-state index in [2.05, 4.69) is 0 Å². The van der Waals surface area contributed by atoms with Gasteiger partial charge in [0.25, 0.3) is 0 Å². The highest BCUT2D eigenvalue weighted by molar-refractivity contribution is 8.00. The smallest absolute Gasteiger partial charge is 0.244 e. The fraction of sp³-hybridized carbons (Fsp3) is 0.286. The molecule has 2 heterocycles. The Kier molecular flexibility index (Phi) is 3.62. The molecule has 0 spiro atoms. The average Bonchev–Trinajstić information content (AvgIpc) is 3.10. The molecule has 0 amide bonds. The maximum Gasteiger partial charge on any atom is 0.244 e. The number of aryl methyl sites for hydroxylation is 1. The predicted octanol–water partition coefficient (Wildman–Crippen LogP) is 3.02. The molecule has 0 N–H and O–H groups in total. The van der Waals surface area contributed by atoms with Gasteiger partial charge in [-0.3, -0.25) is 0 Å². The van der Waals surface area contributed by atoms with Crippen LogP contribution in [0.5, 0.6) is 0 Å². The van der Waals surface area contributed by atoms with Crippen LogP contribution < -0.4 is 0 Å². The second-order valence-corrected chi connectivity index (χ2v) is 7.75. The van der Waals surface area contributed by atoms with Gasteiger partial charge in [0.15, 0.2) is 0 Å². The number of hydrogen-bond acceptors (Lipinski definition) is 4. The van der Waals surface area contributed by atoms with E-state index in [1.165, 1.54) is 4.31 Å². The van der Waals surface area contributed by atoms with Crippen molar-refractivity contribution in [1.29, 1.82) is 0 Å². The van der Waals surface area contributed by atoms with Crippen LogP contribution in [0.3, 0.4) is 0 Å². The highest BCUT2D eigenvalue weighted by Crippen LogP contribution is 2.41. The number of sulfonamides is 1. The van der Waals surface area contributed by atoms with E-state index < -0.39 is 10.0 Å². The average molecular weight is 309 g/mol. The van der Waals surface area contributed by atoms with Crippen LogP contribution in [0, 0.1) is 6.92 Å². The van der Waals surface area contributed by atoms with Crippen molar-refractivity contribution in [1.82, 2.24) is 4.31 Å². The molecule has 1 aliphatic rings. The highest BCUT2D eigenvalue weighted by atomic mass is 32.2. The summed E-state index contributed by atoms with van der Waals surface area (Å²) in [7, 11) is -3.48. The normalized spacial score (nSPS) is 20.4. The zero-order valence-corrected chi connectivity index (χ0v) is 12.7. The van der Waals surface area contributed by atoms with E-state index in [0.717, 1.165) is 11.3 Å². The fourth-order valence-electron chi connectivity index (χ4n) is 2.20. The van der Waals surface area contributed by atoms with Crippen molar-refractivity contribution in [2.45, 2.75) is 17.2 Å². The Morgan fingerprint density at radius 3 is 2.65 bits per heavy atom. The first-order valence-electron chi connectivity index (χ1n) is 6.32. The van der Waals surface area contributed by atoms with Gasteiger partial charge in [-0.2, -0.15) is 4.31 Å². The topological polar surface area (TPSA) is 50.5 Å². The monoisotopic (exact) mass is 309 g/mol. The Labute approximate surface area is 122 Å². The summed E-state index contributed by atoms with van der Waals surface area (Å²) in [5.41, 5.74) is 1.04. The van der Waals surface area contributed by atoms with E-state index >= 15 is 0 Å². The first-order valence-corrected chi connectivity index (χ1v) is 8.81. The zero-order chi connectivity index (χ0) is 14.2. The Morgan fingerprint density at radius 2 is 2.00 bits per heavy atom. The van der Waals surface area contributed by atoms with E-state index in [9.17, 15) is 8.42 Å². The Bertz CT molecular complexity index is 678. The third-order valence-electron chi connectivity index (χ3n) is 3.26. The molecule has 0 aliphatic carbocycles. The number of benzene rings is 1. The second-order valence-electron chi connectivity index (χ2n) is 4.67. The lowest BCUT2D eigenvalue weighted by molar-refractivity contribution is 0.383. The van der Waals surface area contributed by atoms with Crippen molar-refractivity contribution in [2.75, 3.05) is 12.3 Å². The summed E-state index contributed by atoms with van der Waals surface area (Å²) >= 11 is 1.59. The standard InChI is InChI=1S/C14H15NO3S2/c1-11-4-6-12(7-5-11)20(16,17)15-8-10-19-14(15)13-3-2-9-18-13/h2-7,9,14H,8,10H2,1H3/t14-/m1/s1. The lowest BCUT2D eigenvalue weighted by atomic mass is 10.2. The van der Waals surface area contributed by atoms with Gasteiger partial charge in [-0.25, -0.2) is 8.42 Å². The van der Waals surface area contributed by atoms with Crippen LogP contribution in [0.2, 0.25) is 0 Å². The molecule has 0 radical (unpaired) electrons. The molecule has 3 rings (SSSR count). The minimum atomic E-state index is -3.48. The lowest BCUT2D eigenvalue weighted by Crippen LogP contribution is -2.30. The van der Waals surface area contributed by atoms with E-state index in [1.807, 2.05) is 25.1 Å². The minimum Gasteiger partial charge on any atom is -0.467 e. The number of nitrogens with zero attached hydrogens (tertiary/aromatic N) is 1. The van der Waals surface area contributed by atoms with E-state index in [0.29, 0.717) is 17.2 Å². The van der Waals surface area contributed by atoms with Gasteiger partial charge in [0, 0.05) is 12.3 Å². The van der Waals surface area contributed by atoms with Crippen LogP contribution >= 0.6 is 11.8 Å². The van der Waals surface area contributed by atoms with Gasteiger partial charge in [0.1, 0.15) is 11.1 Å². The molecule has 0 saturated carbocycles. The van der Waals surface area contributed by atoms with Gasteiger partial charge in [-0.05, 0) is 31.2 Å². The first-order chi connectivity index (χ1) is 9.59. The number of furan rings is 1. The van der Waals surface area contributed by atoms with Crippen LogP contribution in [-0.4, -0.2) is 25.0 Å². The van der Waals surface area contributed by atoms with Crippen molar-refractivity contribution in [3.63, 3.8) is 0 Å². The largest absolute Gasteiger partial charge is 0.467 e. The summed E-state index contributed by atoms with van der Waals surface area (Å²) in [6.45, 7) is 2.44. The molecule has 1 aromatic carbocycles. The first kappa shape index (κ1) is 13.7. The van der Waals surface area contributed by atoms with Crippen LogP contribution in [0.15, 0.2) is 52.0 Å². The van der Waals surface area contributed by atoms with Crippen molar-refractivity contribution in [3.05, 3.63) is 54.0 Å². The van der Waals surface area contributed by atoms with E-state index in [4.69, 9.17) is 4.42 Å². The lowest BCUT2D eigenvalue weighted by Gasteiger charge is -2.21. The molecule has 1 aromatic heterocycles. The molecular formula is C14H15NO3S2. The fourth-order valence-corrected chi connectivity index (χ4v) is 5.37. The van der Waals surface area contributed by atoms with E-state index in [-0.39, 0.29) is 5.37 Å². The summed E-state index contributed by atoms with van der Waals surface area (Å²) in [6, 6.07) is 10.6. The molecule has 20 heavy (non-hydrogen) atoms. The van der Waals surface area contributed by atoms with Crippen LogP contribution in [-0.2, 0) is 10.0 Å². The van der Waals surface area contributed by atoms with E-state index in [1.54, 1.807) is 36.2 Å². The van der Waals surface area contributed by atoms with Gasteiger partial charge >= 0.3 is 0 Å². The van der Waals surface area contributed by atoms with Crippen LogP contribution in [0.25, 0.3) is 0 Å². The SMILES string of the molecule is Cc1ccc(S(=O)(=O)N2CCS[C@@H]2c2ccco2)cc1. The minimum absolute atomic E-state index is 0.267. The molecule has 1 aliphatic heterocycles. The molecule has 0 unspecified atom stereocenters. The summed E-state index contributed by atoms with van der Waals surface area (Å²) in [5.74, 6) is 1.46. The summed E-state index contributed by atoms with van der Waals surface area (Å²) < 4.78 is 32.3. The number of hydrogen-bond donors (Lipinski definition) is 0. The van der Waals surface area contributed by atoms with Crippen LogP contribution in [0.1, 0.15) is 16.7 Å². The molecule has 2 aromatic rings. The predicted molar refractivity (Wildman–Crippen MR) is 79.0 cm³/mol. The molecule has 1 saturated heterocycles. The molecule has 106 valence electrons. The Morgan fingerprint density at radius 1 is 1.25 bits per heavy atom. The third kappa shape index (κ3) is 2.39. The second kappa shape index (κ2) is 5.27. The summed E-state index contributed by atoms with van der Waals surface area (Å²) in [4.78, 5) is 0.335. The Hall–Kier alpha value is -1.24. The van der Waals surface area contributed by atoms with Gasteiger partial charge in [-0.15, -0.1) is 11.8 Å². The van der Waals surface area contributed by atoms with Gasteiger partial charge in [-0.1, -0.05) is 17.7 Å². The summed E-state index contributed by atoms with van der Waals surface area (Å²) in [5, 5.41) is -0.267. The summed E-state index contributed by atoms with van der Waals surface area (Å²) in [6.07, 6.45) is 1.57. The van der Waals surface area contributed by atoms with Gasteiger partial charge in [0.05, 0.1) is 11.2 Å². The van der Waals surface area contributed by atoms with Crippen molar-refractivity contribution >= 4 is 21.8 Å². The molecule has 0 bridgehead atoms. The molecule has 6 heteroatoms. The quantitative estimate of drug-likeness (QED) is 0.874. The van der Waals surface area contributed by atoms with Gasteiger partial charge < -0.3 is 4.42 Å². The van der Waals surface area contributed by atoms with Crippen LogP contribution in [0.4, 0.5) is 0 Å². The number of rotatable bonds is 3. The highest BCUT2D eigenvalue weighted by Gasteiger charge is 2.38. The third-order valence-corrected chi connectivity index (χ3v) is 6.50. The molecule has 1 atom stereocenters.